The number of ether oxygens (including phenoxy) is 1. The fraction of sp³-hybridized carbons (Fsp3) is 0.536. The highest BCUT2D eigenvalue weighted by Gasteiger charge is 2.52. The van der Waals surface area contributed by atoms with Crippen molar-refractivity contribution in [3.8, 4) is 11.5 Å². The van der Waals surface area contributed by atoms with E-state index in [4.69, 9.17) is 13.6 Å². The maximum atomic E-state index is 12.8. The maximum Gasteiger partial charge on any atom is 0.336 e. The maximum absolute atomic E-state index is 12.8. The molecule has 2 atom stereocenters. The topological polar surface area (TPSA) is 68.9 Å². The van der Waals surface area contributed by atoms with Crippen LogP contribution in [0.15, 0.2) is 34.0 Å². The standard InChI is InChI=1S/C28H39O5Si/c1-11-13-18-16-20(29)31-25-21(18)24-19(14-15-27(7,8)32-24)23(30)22(25)28(17(3)12-2,26(4,5)6)33-34(9)10/h12,14-17,30H,2,11,13H2,1,3-10H3/t17-,28+/m0/s1. The second-order valence-electron chi connectivity index (χ2n) is 11.1. The number of aromatic hydroxyl groups is 1. The summed E-state index contributed by atoms with van der Waals surface area (Å²) < 4.78 is 19.2. The smallest absolute Gasteiger partial charge is 0.336 e. The van der Waals surface area contributed by atoms with Crippen LogP contribution in [0.3, 0.4) is 0 Å². The Bertz CT molecular complexity index is 1180. The van der Waals surface area contributed by atoms with Gasteiger partial charge in [-0.3, -0.25) is 0 Å². The van der Waals surface area contributed by atoms with Crippen LogP contribution in [-0.2, 0) is 16.4 Å². The quantitative estimate of drug-likeness (QED) is 0.262. The summed E-state index contributed by atoms with van der Waals surface area (Å²) in [4.78, 5) is 12.8. The molecular formula is C28H39O5Si. The third-order valence-corrected chi connectivity index (χ3v) is 7.35. The monoisotopic (exact) mass is 483 g/mol. The third kappa shape index (κ3) is 4.26. The SMILES string of the molecule is C=C[C@H](C)[C@@](O[Si](C)C)(c1c(O)c2c(c3c(CCC)cc(=O)oc13)OC(C)(C)C=C2)C(C)(C)C. The van der Waals surface area contributed by atoms with Crippen molar-refractivity contribution < 1.29 is 18.7 Å². The number of phenolic OH excluding ortho intramolecular Hbond substituents is 1. The van der Waals surface area contributed by atoms with Crippen LogP contribution in [-0.4, -0.2) is 19.7 Å². The van der Waals surface area contributed by atoms with Crippen LogP contribution in [0.25, 0.3) is 17.0 Å². The van der Waals surface area contributed by atoms with Crippen molar-refractivity contribution in [1.29, 1.82) is 0 Å². The van der Waals surface area contributed by atoms with E-state index in [1.807, 2.05) is 39.0 Å². The van der Waals surface area contributed by atoms with E-state index in [9.17, 15) is 9.90 Å². The minimum atomic E-state index is -1.26. The molecule has 2 heterocycles. The number of hydrogen-bond donors (Lipinski definition) is 1. The Balaban J connectivity index is 2.66. The van der Waals surface area contributed by atoms with Crippen LogP contribution >= 0.6 is 0 Å². The molecule has 0 amide bonds. The van der Waals surface area contributed by atoms with Crippen LogP contribution in [0, 0.1) is 11.3 Å². The average molecular weight is 484 g/mol. The zero-order valence-corrected chi connectivity index (χ0v) is 23.1. The molecule has 3 rings (SSSR count). The number of benzene rings is 1. The first-order valence-corrected chi connectivity index (χ1v) is 14.5. The van der Waals surface area contributed by atoms with Gasteiger partial charge in [0.1, 0.15) is 17.1 Å². The van der Waals surface area contributed by atoms with Crippen LogP contribution in [0.2, 0.25) is 13.1 Å². The van der Waals surface area contributed by atoms with Gasteiger partial charge in [-0.2, -0.15) is 0 Å². The van der Waals surface area contributed by atoms with E-state index in [2.05, 4.69) is 47.4 Å². The molecule has 0 saturated carbocycles. The van der Waals surface area contributed by atoms with Gasteiger partial charge in [0.05, 0.1) is 22.1 Å². The Morgan fingerprint density at radius 1 is 1.29 bits per heavy atom. The number of phenols is 1. The highest BCUT2D eigenvalue weighted by atomic mass is 28.3. The zero-order chi connectivity index (χ0) is 25.6. The molecule has 1 aliphatic rings. The van der Waals surface area contributed by atoms with E-state index < -0.39 is 31.3 Å². The molecule has 1 aliphatic heterocycles. The predicted octanol–water partition coefficient (Wildman–Crippen LogP) is 6.97. The average Bonchev–Trinajstić information content (AvgIpc) is 2.70. The summed E-state index contributed by atoms with van der Waals surface area (Å²) in [7, 11) is -1.26. The van der Waals surface area contributed by atoms with Crippen molar-refractivity contribution in [2.24, 2.45) is 11.3 Å². The van der Waals surface area contributed by atoms with Gasteiger partial charge < -0.3 is 18.7 Å². The van der Waals surface area contributed by atoms with Gasteiger partial charge in [-0.05, 0) is 56.5 Å². The summed E-state index contributed by atoms with van der Waals surface area (Å²) in [6, 6.07) is 1.55. The third-order valence-electron chi connectivity index (χ3n) is 6.61. The lowest BCUT2D eigenvalue weighted by atomic mass is 9.64. The van der Waals surface area contributed by atoms with Gasteiger partial charge in [0.2, 0.25) is 9.04 Å². The van der Waals surface area contributed by atoms with E-state index >= 15 is 0 Å². The molecule has 0 fully saturated rings. The van der Waals surface area contributed by atoms with Gasteiger partial charge in [0.15, 0.2) is 5.58 Å². The molecule has 0 saturated heterocycles. The van der Waals surface area contributed by atoms with E-state index in [0.717, 1.165) is 17.4 Å². The summed E-state index contributed by atoms with van der Waals surface area (Å²) in [5.74, 6) is 0.381. The van der Waals surface area contributed by atoms with Gasteiger partial charge in [0, 0.05) is 12.0 Å². The summed E-state index contributed by atoms with van der Waals surface area (Å²) >= 11 is 0. The summed E-state index contributed by atoms with van der Waals surface area (Å²) in [5, 5.41) is 12.6. The molecule has 0 aliphatic carbocycles. The molecule has 6 heteroatoms. The van der Waals surface area contributed by atoms with Crippen molar-refractivity contribution in [3.05, 3.63) is 51.9 Å². The van der Waals surface area contributed by atoms with Crippen molar-refractivity contribution in [2.75, 3.05) is 0 Å². The summed E-state index contributed by atoms with van der Waals surface area (Å²) in [6.45, 7) is 22.5. The number of aryl methyl sites for hydroxylation is 1. The lowest BCUT2D eigenvalue weighted by Crippen LogP contribution is -2.50. The van der Waals surface area contributed by atoms with Gasteiger partial charge in [-0.25, -0.2) is 4.79 Å². The minimum Gasteiger partial charge on any atom is -0.507 e. The van der Waals surface area contributed by atoms with Crippen LogP contribution in [0.5, 0.6) is 11.5 Å². The normalized spacial score (nSPS) is 17.8. The molecule has 1 aromatic heterocycles. The highest BCUT2D eigenvalue weighted by molar-refractivity contribution is 6.48. The second kappa shape index (κ2) is 9.04. The van der Waals surface area contributed by atoms with Crippen LogP contribution in [0.4, 0.5) is 0 Å². The molecule has 0 spiro atoms. The van der Waals surface area contributed by atoms with Gasteiger partial charge in [0.25, 0.3) is 0 Å². The fourth-order valence-electron chi connectivity index (χ4n) is 5.17. The Labute approximate surface area is 205 Å². The van der Waals surface area contributed by atoms with Crippen LogP contribution in [0.1, 0.15) is 71.6 Å². The Morgan fingerprint density at radius 3 is 2.47 bits per heavy atom. The summed E-state index contributed by atoms with van der Waals surface area (Å²) in [6.07, 6.45) is 7.24. The molecule has 0 unspecified atom stereocenters. The Kier molecular flexibility index (Phi) is 6.99. The number of fused-ring (bicyclic) bond motifs is 3. The van der Waals surface area contributed by atoms with E-state index in [-0.39, 0.29) is 11.7 Å². The van der Waals surface area contributed by atoms with Gasteiger partial charge in [-0.1, -0.05) is 47.1 Å². The molecule has 0 bridgehead atoms. The number of hydrogen-bond acceptors (Lipinski definition) is 5. The van der Waals surface area contributed by atoms with Crippen molar-refractivity contribution >= 4 is 26.1 Å². The molecule has 1 aromatic carbocycles. The van der Waals surface area contributed by atoms with Gasteiger partial charge >= 0.3 is 5.63 Å². The van der Waals surface area contributed by atoms with Crippen molar-refractivity contribution in [3.63, 3.8) is 0 Å². The first kappa shape index (κ1) is 26.3. The molecular weight excluding hydrogens is 444 g/mol. The van der Waals surface area contributed by atoms with E-state index in [1.165, 1.54) is 0 Å². The van der Waals surface area contributed by atoms with Crippen molar-refractivity contribution in [2.45, 2.75) is 85.6 Å². The Morgan fingerprint density at radius 2 is 1.94 bits per heavy atom. The van der Waals surface area contributed by atoms with Crippen molar-refractivity contribution in [1.82, 2.24) is 0 Å². The first-order valence-electron chi connectivity index (χ1n) is 12.1. The number of rotatable bonds is 7. The molecule has 2 aromatic rings. The largest absolute Gasteiger partial charge is 0.507 e. The molecule has 1 N–H and O–H groups in total. The van der Waals surface area contributed by atoms with Crippen LogP contribution < -0.4 is 10.4 Å². The minimum absolute atomic E-state index is 0.0259. The fourth-order valence-corrected chi connectivity index (χ4v) is 6.41. The molecule has 1 radical (unpaired) electrons. The first-order chi connectivity index (χ1) is 15.7. The second-order valence-corrected chi connectivity index (χ2v) is 13.1. The van der Waals surface area contributed by atoms with E-state index in [1.54, 1.807) is 6.07 Å². The lowest BCUT2D eigenvalue weighted by molar-refractivity contribution is -0.0724. The Hall–Kier alpha value is -2.31. The van der Waals surface area contributed by atoms with Gasteiger partial charge in [-0.15, -0.1) is 6.58 Å². The summed E-state index contributed by atoms with van der Waals surface area (Å²) in [5.41, 5.74) is -0.213. The zero-order valence-electron chi connectivity index (χ0n) is 22.1. The molecule has 185 valence electrons. The molecule has 5 nitrogen and oxygen atoms in total. The highest BCUT2D eigenvalue weighted by Crippen LogP contribution is 2.57. The van der Waals surface area contributed by atoms with E-state index in [0.29, 0.717) is 28.9 Å². The molecule has 34 heavy (non-hydrogen) atoms. The predicted molar refractivity (Wildman–Crippen MR) is 141 cm³/mol. The lowest BCUT2D eigenvalue weighted by Gasteiger charge is -2.50.